The average molecular weight is 297 g/mol. The minimum Gasteiger partial charge on any atom is -0.342 e. The highest BCUT2D eigenvalue weighted by Crippen LogP contribution is 2.42. The molecule has 1 heterocycles. The summed E-state index contributed by atoms with van der Waals surface area (Å²) in [6.45, 7) is 4.08. The van der Waals surface area contributed by atoms with Crippen molar-refractivity contribution in [3.63, 3.8) is 0 Å². The molecule has 1 fully saturated rings. The van der Waals surface area contributed by atoms with E-state index < -0.39 is 5.79 Å². The van der Waals surface area contributed by atoms with Gasteiger partial charge in [0.25, 0.3) is 0 Å². The van der Waals surface area contributed by atoms with Crippen LogP contribution in [0.3, 0.4) is 0 Å². The Morgan fingerprint density at radius 2 is 1.32 bits per heavy atom. The maximum absolute atomic E-state index is 6.33. The molecule has 3 nitrogen and oxygen atoms in total. The van der Waals surface area contributed by atoms with E-state index >= 15 is 0 Å². The molecule has 0 unspecified atom stereocenters. The molecule has 1 saturated heterocycles. The molecule has 0 amide bonds. The van der Waals surface area contributed by atoms with Gasteiger partial charge in [-0.15, -0.1) is 0 Å². The van der Waals surface area contributed by atoms with Gasteiger partial charge in [0, 0.05) is 16.5 Å². The lowest BCUT2D eigenvalue weighted by Crippen LogP contribution is -2.48. The van der Waals surface area contributed by atoms with Crippen LogP contribution in [0.4, 0.5) is 0 Å². The molecule has 0 aliphatic carbocycles. The first kappa shape index (κ1) is 15.2. The van der Waals surface area contributed by atoms with Crippen molar-refractivity contribution in [3.05, 3.63) is 71.8 Å². The summed E-state index contributed by atoms with van der Waals surface area (Å²) in [5.41, 5.74) is 7.75. The number of hydrogen-bond acceptors (Lipinski definition) is 3. The molecule has 22 heavy (non-hydrogen) atoms. The summed E-state index contributed by atoms with van der Waals surface area (Å²) in [6, 6.07) is 20.3. The lowest BCUT2D eigenvalue weighted by molar-refractivity contribution is -0.288. The van der Waals surface area contributed by atoms with Crippen LogP contribution in [-0.2, 0) is 15.3 Å². The molecule has 2 aromatic carbocycles. The molecule has 0 atom stereocenters. The Hall–Kier alpha value is -1.68. The van der Waals surface area contributed by atoms with Crippen LogP contribution in [0, 0.1) is 5.41 Å². The van der Waals surface area contributed by atoms with Gasteiger partial charge in [0.2, 0.25) is 5.79 Å². The molecular formula is C19H23NO2. The van der Waals surface area contributed by atoms with Crippen molar-refractivity contribution >= 4 is 0 Å². The Morgan fingerprint density at radius 3 is 1.73 bits per heavy atom. The van der Waals surface area contributed by atoms with E-state index in [4.69, 9.17) is 15.2 Å². The van der Waals surface area contributed by atoms with Gasteiger partial charge in [-0.2, -0.15) is 0 Å². The van der Waals surface area contributed by atoms with Crippen LogP contribution < -0.4 is 5.73 Å². The van der Waals surface area contributed by atoms with Gasteiger partial charge in [0.1, 0.15) is 0 Å². The van der Waals surface area contributed by atoms with Crippen molar-refractivity contribution in [3.8, 4) is 0 Å². The lowest BCUT2D eigenvalue weighted by Gasteiger charge is -2.45. The molecule has 0 aromatic heterocycles. The van der Waals surface area contributed by atoms with E-state index in [1.807, 2.05) is 36.4 Å². The van der Waals surface area contributed by atoms with Crippen LogP contribution >= 0.6 is 0 Å². The summed E-state index contributed by atoms with van der Waals surface area (Å²) < 4.78 is 12.7. The number of ether oxygens (including phenoxy) is 2. The highest BCUT2D eigenvalue weighted by Gasteiger charge is 2.44. The largest absolute Gasteiger partial charge is 0.342 e. The van der Waals surface area contributed by atoms with Gasteiger partial charge in [0.15, 0.2) is 0 Å². The number of rotatable bonds is 4. The van der Waals surface area contributed by atoms with Crippen molar-refractivity contribution in [2.45, 2.75) is 19.1 Å². The second-order valence-electron chi connectivity index (χ2n) is 6.28. The summed E-state index contributed by atoms with van der Waals surface area (Å²) in [6.07, 6.45) is 0.895. The minimum absolute atomic E-state index is 0.0260. The Bertz CT molecular complexity index is 548. The van der Waals surface area contributed by atoms with Crippen LogP contribution in [0.15, 0.2) is 60.7 Å². The lowest BCUT2D eigenvalue weighted by atomic mass is 9.86. The Kier molecular flexibility index (Phi) is 4.30. The minimum atomic E-state index is -0.823. The molecule has 1 aliphatic rings. The third kappa shape index (κ3) is 2.80. The molecular weight excluding hydrogens is 274 g/mol. The van der Waals surface area contributed by atoms with Gasteiger partial charge in [-0.3, -0.25) is 0 Å². The van der Waals surface area contributed by atoms with Gasteiger partial charge in [-0.25, -0.2) is 0 Å². The van der Waals surface area contributed by atoms with Gasteiger partial charge in [-0.1, -0.05) is 67.6 Å². The predicted molar refractivity (Wildman–Crippen MR) is 87.3 cm³/mol. The van der Waals surface area contributed by atoms with Gasteiger partial charge < -0.3 is 15.2 Å². The SMILES string of the molecule is CC1(CCN)COC(c2ccccc2)(c2ccccc2)OC1. The van der Waals surface area contributed by atoms with Crippen LogP contribution in [0.1, 0.15) is 24.5 Å². The molecule has 3 heteroatoms. The summed E-state index contributed by atoms with van der Waals surface area (Å²) in [5.74, 6) is -0.823. The van der Waals surface area contributed by atoms with E-state index in [1.54, 1.807) is 0 Å². The van der Waals surface area contributed by atoms with Crippen molar-refractivity contribution in [2.24, 2.45) is 11.1 Å². The monoisotopic (exact) mass is 297 g/mol. The summed E-state index contributed by atoms with van der Waals surface area (Å²) in [7, 11) is 0. The molecule has 0 bridgehead atoms. The highest BCUT2D eigenvalue weighted by atomic mass is 16.7. The zero-order chi connectivity index (χ0) is 15.5. The van der Waals surface area contributed by atoms with Gasteiger partial charge >= 0.3 is 0 Å². The molecule has 3 rings (SSSR count). The van der Waals surface area contributed by atoms with E-state index in [2.05, 4.69) is 31.2 Å². The highest BCUT2D eigenvalue weighted by molar-refractivity contribution is 5.34. The summed E-state index contributed by atoms with van der Waals surface area (Å²) >= 11 is 0. The first-order valence-electron chi connectivity index (χ1n) is 7.78. The smallest absolute Gasteiger partial charge is 0.222 e. The van der Waals surface area contributed by atoms with Crippen molar-refractivity contribution in [2.75, 3.05) is 19.8 Å². The molecule has 0 spiro atoms. The van der Waals surface area contributed by atoms with Crippen LogP contribution in [0.2, 0.25) is 0 Å². The standard InChI is InChI=1S/C19H23NO2/c1-18(12-13-20)14-21-19(22-15-18,16-8-4-2-5-9-16)17-10-6-3-7-11-17/h2-11H,12-15,20H2,1H3. The van der Waals surface area contributed by atoms with E-state index in [-0.39, 0.29) is 5.41 Å². The molecule has 2 N–H and O–H groups in total. The topological polar surface area (TPSA) is 44.5 Å². The quantitative estimate of drug-likeness (QED) is 0.942. The van der Waals surface area contributed by atoms with E-state index in [0.29, 0.717) is 19.8 Å². The van der Waals surface area contributed by atoms with E-state index in [9.17, 15) is 0 Å². The number of benzene rings is 2. The van der Waals surface area contributed by atoms with Gasteiger partial charge in [0.05, 0.1) is 13.2 Å². The zero-order valence-electron chi connectivity index (χ0n) is 13.0. The van der Waals surface area contributed by atoms with Crippen LogP contribution in [0.25, 0.3) is 0 Å². The van der Waals surface area contributed by atoms with E-state index in [1.165, 1.54) is 0 Å². The normalized spacial score (nSPS) is 19.7. The predicted octanol–water partition coefficient (Wildman–Crippen LogP) is 3.29. The van der Waals surface area contributed by atoms with Crippen LogP contribution in [0.5, 0.6) is 0 Å². The maximum Gasteiger partial charge on any atom is 0.222 e. The number of hydrogen-bond donors (Lipinski definition) is 1. The molecule has 116 valence electrons. The molecule has 1 aliphatic heterocycles. The molecule has 0 radical (unpaired) electrons. The Balaban J connectivity index is 1.97. The Morgan fingerprint density at radius 1 is 0.864 bits per heavy atom. The second kappa shape index (κ2) is 6.21. The summed E-state index contributed by atoms with van der Waals surface area (Å²) in [4.78, 5) is 0. The fourth-order valence-electron chi connectivity index (χ4n) is 2.94. The molecule has 0 saturated carbocycles. The van der Waals surface area contributed by atoms with Crippen molar-refractivity contribution in [1.82, 2.24) is 0 Å². The van der Waals surface area contributed by atoms with Crippen molar-refractivity contribution < 1.29 is 9.47 Å². The van der Waals surface area contributed by atoms with Crippen molar-refractivity contribution in [1.29, 1.82) is 0 Å². The fourth-order valence-corrected chi connectivity index (χ4v) is 2.94. The number of nitrogens with two attached hydrogens (primary N) is 1. The fraction of sp³-hybridized carbons (Fsp3) is 0.368. The summed E-state index contributed by atoms with van der Waals surface area (Å²) in [5, 5.41) is 0. The first-order valence-corrected chi connectivity index (χ1v) is 7.78. The Labute approximate surface area is 132 Å². The third-order valence-corrected chi connectivity index (χ3v) is 4.30. The van der Waals surface area contributed by atoms with Gasteiger partial charge in [-0.05, 0) is 13.0 Å². The molecule has 2 aromatic rings. The average Bonchev–Trinajstić information content (AvgIpc) is 2.58. The first-order chi connectivity index (χ1) is 10.7. The third-order valence-electron chi connectivity index (χ3n) is 4.30. The van der Waals surface area contributed by atoms with Crippen LogP contribution in [-0.4, -0.2) is 19.8 Å². The zero-order valence-corrected chi connectivity index (χ0v) is 13.0. The second-order valence-corrected chi connectivity index (χ2v) is 6.28. The maximum atomic E-state index is 6.33. The van der Waals surface area contributed by atoms with E-state index in [0.717, 1.165) is 17.5 Å².